The first-order valence-corrected chi connectivity index (χ1v) is 5.74. The minimum absolute atomic E-state index is 0.0625. The van der Waals surface area contributed by atoms with Crippen LogP contribution >= 0.6 is 0 Å². The van der Waals surface area contributed by atoms with E-state index in [-0.39, 0.29) is 18.5 Å². The molecule has 90 valence electrons. The van der Waals surface area contributed by atoms with Crippen LogP contribution in [0.2, 0.25) is 0 Å². The van der Waals surface area contributed by atoms with Gasteiger partial charge in [0, 0.05) is 6.42 Å². The van der Waals surface area contributed by atoms with E-state index in [1.165, 1.54) is 4.90 Å². The molecule has 4 nitrogen and oxygen atoms in total. The van der Waals surface area contributed by atoms with Crippen molar-refractivity contribution < 1.29 is 14.7 Å². The molecular formula is C13H15NO3. The summed E-state index contributed by atoms with van der Waals surface area (Å²) >= 11 is 0. The zero-order chi connectivity index (χ0) is 12.3. The Morgan fingerprint density at radius 2 is 2.06 bits per heavy atom. The van der Waals surface area contributed by atoms with Crippen molar-refractivity contribution >= 4 is 11.9 Å². The largest absolute Gasteiger partial charge is 0.480 e. The van der Waals surface area contributed by atoms with Crippen LogP contribution in [0.3, 0.4) is 0 Å². The molecule has 1 aliphatic rings. The Kier molecular flexibility index (Phi) is 3.42. The number of carbonyl (C=O) groups is 2. The van der Waals surface area contributed by atoms with Gasteiger partial charge in [0.1, 0.15) is 6.54 Å². The number of hydrogen-bond donors (Lipinski definition) is 1. The van der Waals surface area contributed by atoms with Gasteiger partial charge in [-0.1, -0.05) is 30.3 Å². The molecule has 0 aliphatic carbocycles. The number of piperidine rings is 1. The Bertz CT molecular complexity index is 416. The van der Waals surface area contributed by atoms with Crippen LogP contribution in [-0.2, 0) is 9.59 Å². The number of carboxylic acids is 1. The van der Waals surface area contributed by atoms with Gasteiger partial charge in [0.25, 0.3) is 0 Å². The van der Waals surface area contributed by atoms with Crippen LogP contribution in [-0.4, -0.2) is 28.4 Å². The van der Waals surface area contributed by atoms with Crippen LogP contribution in [0.4, 0.5) is 0 Å². The Morgan fingerprint density at radius 1 is 1.35 bits per heavy atom. The number of rotatable bonds is 3. The molecule has 2 rings (SSSR count). The smallest absolute Gasteiger partial charge is 0.323 e. The van der Waals surface area contributed by atoms with Gasteiger partial charge < -0.3 is 10.0 Å². The maximum Gasteiger partial charge on any atom is 0.323 e. The zero-order valence-electron chi connectivity index (χ0n) is 9.50. The topological polar surface area (TPSA) is 57.6 Å². The fraction of sp³-hybridized carbons (Fsp3) is 0.385. The van der Waals surface area contributed by atoms with Crippen molar-refractivity contribution in [2.24, 2.45) is 0 Å². The molecule has 1 aliphatic heterocycles. The van der Waals surface area contributed by atoms with Crippen LogP contribution in [0.15, 0.2) is 30.3 Å². The maximum absolute atomic E-state index is 11.8. The number of carbonyl (C=O) groups excluding carboxylic acids is 1. The van der Waals surface area contributed by atoms with Gasteiger partial charge in [-0.3, -0.25) is 9.59 Å². The highest BCUT2D eigenvalue weighted by atomic mass is 16.4. The number of carboxylic acid groups (broad SMARTS) is 1. The lowest BCUT2D eigenvalue weighted by Crippen LogP contribution is -2.41. The van der Waals surface area contributed by atoms with E-state index in [0.717, 1.165) is 18.4 Å². The first-order valence-electron chi connectivity index (χ1n) is 5.74. The van der Waals surface area contributed by atoms with Crippen molar-refractivity contribution in [2.75, 3.05) is 6.54 Å². The summed E-state index contributed by atoms with van der Waals surface area (Å²) in [6.07, 6.45) is 2.12. The third kappa shape index (κ3) is 2.64. The van der Waals surface area contributed by atoms with E-state index in [0.29, 0.717) is 6.42 Å². The van der Waals surface area contributed by atoms with Crippen molar-refractivity contribution in [1.29, 1.82) is 0 Å². The monoisotopic (exact) mass is 233 g/mol. The van der Waals surface area contributed by atoms with Gasteiger partial charge in [-0.25, -0.2) is 0 Å². The van der Waals surface area contributed by atoms with Crippen LogP contribution < -0.4 is 0 Å². The van der Waals surface area contributed by atoms with Crippen molar-refractivity contribution in [3.8, 4) is 0 Å². The molecule has 1 saturated heterocycles. The Hall–Kier alpha value is -1.84. The fourth-order valence-corrected chi connectivity index (χ4v) is 2.29. The summed E-state index contributed by atoms with van der Waals surface area (Å²) in [4.78, 5) is 24.0. The van der Waals surface area contributed by atoms with E-state index in [4.69, 9.17) is 5.11 Å². The Balaban J connectivity index is 2.23. The maximum atomic E-state index is 11.8. The molecule has 1 atom stereocenters. The molecule has 1 unspecified atom stereocenters. The SMILES string of the molecule is O=C(O)CN1C(=O)CCCC1c1ccccc1. The van der Waals surface area contributed by atoms with E-state index in [1.807, 2.05) is 30.3 Å². The van der Waals surface area contributed by atoms with Gasteiger partial charge in [-0.05, 0) is 18.4 Å². The van der Waals surface area contributed by atoms with Crippen LogP contribution in [0, 0.1) is 0 Å². The van der Waals surface area contributed by atoms with Crippen molar-refractivity contribution in [2.45, 2.75) is 25.3 Å². The van der Waals surface area contributed by atoms with Crippen molar-refractivity contribution in [1.82, 2.24) is 4.90 Å². The fourth-order valence-electron chi connectivity index (χ4n) is 2.29. The van der Waals surface area contributed by atoms with Crippen molar-refractivity contribution in [3.63, 3.8) is 0 Å². The molecule has 1 heterocycles. The molecule has 1 aromatic carbocycles. The predicted octanol–water partition coefficient (Wildman–Crippen LogP) is 1.82. The molecule has 17 heavy (non-hydrogen) atoms. The molecule has 1 N–H and O–H groups in total. The summed E-state index contributed by atoms with van der Waals surface area (Å²) < 4.78 is 0. The second kappa shape index (κ2) is 4.99. The van der Waals surface area contributed by atoms with E-state index in [2.05, 4.69) is 0 Å². The van der Waals surface area contributed by atoms with Gasteiger partial charge in [0.15, 0.2) is 0 Å². The molecular weight excluding hydrogens is 218 g/mol. The quantitative estimate of drug-likeness (QED) is 0.866. The standard InChI is InChI=1S/C13H15NO3/c15-12-8-4-7-11(14(12)9-13(16)17)10-5-2-1-3-6-10/h1-3,5-6,11H,4,7-9H2,(H,16,17). The third-order valence-electron chi connectivity index (χ3n) is 3.05. The lowest BCUT2D eigenvalue weighted by Gasteiger charge is -2.34. The molecule has 1 aromatic rings. The second-order valence-electron chi connectivity index (χ2n) is 4.23. The highest BCUT2D eigenvalue weighted by Gasteiger charge is 2.30. The first kappa shape index (κ1) is 11.6. The molecule has 0 spiro atoms. The average molecular weight is 233 g/mol. The normalized spacial score (nSPS) is 20.4. The van der Waals surface area contributed by atoms with Crippen LogP contribution in [0.1, 0.15) is 30.9 Å². The van der Waals surface area contributed by atoms with Gasteiger partial charge in [-0.2, -0.15) is 0 Å². The van der Waals surface area contributed by atoms with E-state index in [1.54, 1.807) is 0 Å². The Morgan fingerprint density at radius 3 is 2.71 bits per heavy atom. The number of hydrogen-bond acceptors (Lipinski definition) is 2. The number of likely N-dealkylation sites (tertiary alicyclic amines) is 1. The van der Waals surface area contributed by atoms with Gasteiger partial charge >= 0.3 is 5.97 Å². The molecule has 0 saturated carbocycles. The minimum Gasteiger partial charge on any atom is -0.480 e. The molecule has 0 radical (unpaired) electrons. The van der Waals surface area contributed by atoms with Gasteiger partial charge in [-0.15, -0.1) is 0 Å². The van der Waals surface area contributed by atoms with Gasteiger partial charge in [0.2, 0.25) is 5.91 Å². The Labute approximate surface area is 99.9 Å². The zero-order valence-corrected chi connectivity index (χ0v) is 9.50. The summed E-state index contributed by atoms with van der Waals surface area (Å²) in [6.45, 7) is -0.210. The number of aliphatic carboxylic acids is 1. The number of amides is 1. The minimum atomic E-state index is -0.957. The average Bonchev–Trinajstić information content (AvgIpc) is 2.32. The number of nitrogens with zero attached hydrogens (tertiary/aromatic N) is 1. The summed E-state index contributed by atoms with van der Waals surface area (Å²) in [5, 5.41) is 8.85. The molecule has 0 bridgehead atoms. The third-order valence-corrected chi connectivity index (χ3v) is 3.05. The first-order chi connectivity index (χ1) is 8.18. The molecule has 1 amide bonds. The van der Waals surface area contributed by atoms with Crippen molar-refractivity contribution in [3.05, 3.63) is 35.9 Å². The van der Waals surface area contributed by atoms with Gasteiger partial charge in [0.05, 0.1) is 6.04 Å². The van der Waals surface area contributed by atoms with Crippen LogP contribution in [0.25, 0.3) is 0 Å². The lowest BCUT2D eigenvalue weighted by atomic mass is 9.95. The van der Waals surface area contributed by atoms with E-state index in [9.17, 15) is 9.59 Å². The summed E-state index contributed by atoms with van der Waals surface area (Å²) in [5.41, 5.74) is 1.02. The lowest BCUT2D eigenvalue weighted by molar-refractivity contribution is -0.148. The van der Waals surface area contributed by atoms with E-state index >= 15 is 0 Å². The van der Waals surface area contributed by atoms with E-state index < -0.39 is 5.97 Å². The summed E-state index contributed by atoms with van der Waals surface area (Å²) in [6, 6.07) is 9.53. The highest BCUT2D eigenvalue weighted by Crippen LogP contribution is 2.30. The molecule has 0 aromatic heterocycles. The molecule has 1 fully saturated rings. The number of benzene rings is 1. The predicted molar refractivity (Wildman–Crippen MR) is 62.4 cm³/mol. The highest BCUT2D eigenvalue weighted by molar-refractivity contribution is 5.82. The summed E-state index contributed by atoms with van der Waals surface area (Å²) in [5.74, 6) is -1.02. The van der Waals surface area contributed by atoms with Crippen LogP contribution in [0.5, 0.6) is 0 Å². The molecule has 4 heteroatoms. The second-order valence-corrected chi connectivity index (χ2v) is 4.23. The summed E-state index contributed by atoms with van der Waals surface area (Å²) in [7, 11) is 0.